The Bertz CT molecular complexity index is 799. The van der Waals surface area contributed by atoms with Gasteiger partial charge >= 0.3 is 5.63 Å². The lowest BCUT2D eigenvalue weighted by Gasteiger charge is -2.05. The highest BCUT2D eigenvalue weighted by Crippen LogP contribution is 2.23. The van der Waals surface area contributed by atoms with Crippen molar-refractivity contribution in [3.8, 4) is 11.3 Å². The van der Waals surface area contributed by atoms with Gasteiger partial charge in [0, 0.05) is 5.56 Å². The number of benzene rings is 2. The molecule has 0 N–H and O–H groups in total. The highest BCUT2D eigenvalue weighted by atomic mass is 16.4. The summed E-state index contributed by atoms with van der Waals surface area (Å²) in [6, 6.07) is 15.5. The van der Waals surface area contributed by atoms with E-state index in [0.717, 1.165) is 16.5 Å². The van der Waals surface area contributed by atoms with Crippen LogP contribution in [0.4, 0.5) is 0 Å². The van der Waals surface area contributed by atoms with Gasteiger partial charge in [-0.1, -0.05) is 36.4 Å². The summed E-state index contributed by atoms with van der Waals surface area (Å²) < 4.78 is 5.42. The molecule has 2 nitrogen and oxygen atoms in total. The van der Waals surface area contributed by atoms with Crippen molar-refractivity contribution in [1.29, 1.82) is 0 Å². The zero-order valence-corrected chi connectivity index (χ0v) is 10.9. The van der Waals surface area contributed by atoms with E-state index in [1.165, 1.54) is 5.56 Å². The Morgan fingerprint density at radius 1 is 0.895 bits per heavy atom. The van der Waals surface area contributed by atoms with E-state index >= 15 is 0 Å². The molecule has 0 fully saturated rings. The van der Waals surface area contributed by atoms with Gasteiger partial charge in [0.15, 0.2) is 0 Å². The molecule has 19 heavy (non-hydrogen) atoms. The number of hydrogen-bond acceptors (Lipinski definition) is 2. The van der Waals surface area contributed by atoms with Gasteiger partial charge in [0.05, 0.1) is 5.39 Å². The molecule has 0 aliphatic carbocycles. The molecule has 0 saturated heterocycles. The first kappa shape index (κ1) is 11.7. The SMILES string of the molecule is Cc1cc2cc(-c3ccccc3)oc(=O)c2cc1C. The number of rotatable bonds is 1. The van der Waals surface area contributed by atoms with Gasteiger partial charge in [-0.25, -0.2) is 4.79 Å². The molecule has 0 unspecified atom stereocenters. The summed E-state index contributed by atoms with van der Waals surface area (Å²) in [6.45, 7) is 4.05. The molecule has 2 heteroatoms. The topological polar surface area (TPSA) is 30.2 Å². The zero-order chi connectivity index (χ0) is 13.4. The van der Waals surface area contributed by atoms with E-state index in [0.29, 0.717) is 11.1 Å². The number of aryl methyl sites for hydroxylation is 2. The minimum Gasteiger partial charge on any atom is -0.422 e. The first-order valence-corrected chi connectivity index (χ1v) is 6.26. The average molecular weight is 250 g/mol. The van der Waals surface area contributed by atoms with Gasteiger partial charge in [0.25, 0.3) is 0 Å². The van der Waals surface area contributed by atoms with Crippen molar-refractivity contribution >= 4 is 10.8 Å². The predicted molar refractivity (Wildman–Crippen MR) is 77.4 cm³/mol. The number of hydrogen-bond donors (Lipinski definition) is 0. The van der Waals surface area contributed by atoms with Crippen LogP contribution in [0, 0.1) is 13.8 Å². The molecule has 0 radical (unpaired) electrons. The summed E-state index contributed by atoms with van der Waals surface area (Å²) in [4.78, 5) is 12.1. The van der Waals surface area contributed by atoms with Crippen molar-refractivity contribution in [2.24, 2.45) is 0 Å². The maximum Gasteiger partial charge on any atom is 0.344 e. The third-order valence-electron chi connectivity index (χ3n) is 3.43. The Hall–Kier alpha value is -2.35. The molecule has 3 rings (SSSR count). The minimum absolute atomic E-state index is 0.278. The summed E-state index contributed by atoms with van der Waals surface area (Å²) in [7, 11) is 0. The lowest BCUT2D eigenvalue weighted by Crippen LogP contribution is -2.01. The second-order valence-electron chi connectivity index (χ2n) is 4.79. The van der Waals surface area contributed by atoms with Crippen LogP contribution in [-0.4, -0.2) is 0 Å². The van der Waals surface area contributed by atoms with E-state index in [2.05, 4.69) is 0 Å². The van der Waals surface area contributed by atoms with E-state index in [-0.39, 0.29) is 5.63 Å². The summed E-state index contributed by atoms with van der Waals surface area (Å²) in [5, 5.41) is 1.57. The quantitative estimate of drug-likeness (QED) is 0.651. The van der Waals surface area contributed by atoms with Gasteiger partial charge in [0.2, 0.25) is 0 Å². The Morgan fingerprint density at radius 3 is 2.32 bits per heavy atom. The summed E-state index contributed by atoms with van der Waals surface area (Å²) in [5.74, 6) is 0.612. The van der Waals surface area contributed by atoms with Crippen LogP contribution in [0.15, 0.2) is 57.7 Å². The van der Waals surface area contributed by atoms with Gasteiger partial charge in [-0.15, -0.1) is 0 Å². The maximum absolute atomic E-state index is 12.1. The van der Waals surface area contributed by atoms with Crippen LogP contribution in [0.25, 0.3) is 22.1 Å². The van der Waals surface area contributed by atoms with Crippen molar-refractivity contribution < 1.29 is 4.42 Å². The van der Waals surface area contributed by atoms with Crippen LogP contribution < -0.4 is 5.63 Å². The molecule has 94 valence electrons. The van der Waals surface area contributed by atoms with E-state index in [1.54, 1.807) is 0 Å². The second-order valence-corrected chi connectivity index (χ2v) is 4.79. The van der Waals surface area contributed by atoms with Crippen molar-refractivity contribution in [1.82, 2.24) is 0 Å². The molecule has 3 aromatic rings. The third-order valence-corrected chi connectivity index (χ3v) is 3.43. The predicted octanol–water partition coefficient (Wildman–Crippen LogP) is 4.08. The largest absolute Gasteiger partial charge is 0.422 e. The van der Waals surface area contributed by atoms with Gasteiger partial charge < -0.3 is 4.42 Å². The highest BCUT2D eigenvalue weighted by molar-refractivity contribution is 5.85. The molecule has 0 atom stereocenters. The van der Waals surface area contributed by atoms with Gasteiger partial charge in [-0.2, -0.15) is 0 Å². The Kier molecular flexibility index (Phi) is 2.71. The molecule has 0 bridgehead atoms. The Labute approximate surface area is 111 Å². The molecule has 1 aromatic heterocycles. The minimum atomic E-state index is -0.278. The summed E-state index contributed by atoms with van der Waals surface area (Å²) in [5.41, 5.74) is 2.92. The molecule has 2 aromatic carbocycles. The second kappa shape index (κ2) is 4.39. The first-order valence-electron chi connectivity index (χ1n) is 6.26. The standard InChI is InChI=1S/C17H14O2/c1-11-8-14-10-16(13-6-4-3-5-7-13)19-17(18)15(14)9-12(11)2/h3-10H,1-2H3. The third kappa shape index (κ3) is 2.06. The van der Waals surface area contributed by atoms with E-state index in [1.807, 2.05) is 62.4 Å². The van der Waals surface area contributed by atoms with Crippen LogP contribution >= 0.6 is 0 Å². The molecule has 1 heterocycles. The molecule has 0 aliphatic heterocycles. The van der Waals surface area contributed by atoms with Crippen molar-refractivity contribution in [3.63, 3.8) is 0 Å². The lowest BCUT2D eigenvalue weighted by atomic mass is 10.0. The van der Waals surface area contributed by atoms with Gasteiger partial charge in [-0.05, 0) is 42.5 Å². The molecular weight excluding hydrogens is 236 g/mol. The normalized spacial score (nSPS) is 10.8. The molecular formula is C17H14O2. The maximum atomic E-state index is 12.1. The monoisotopic (exact) mass is 250 g/mol. The van der Waals surface area contributed by atoms with E-state index in [9.17, 15) is 4.79 Å². The highest BCUT2D eigenvalue weighted by Gasteiger charge is 2.07. The summed E-state index contributed by atoms with van der Waals surface area (Å²) >= 11 is 0. The van der Waals surface area contributed by atoms with Crippen LogP contribution in [-0.2, 0) is 0 Å². The first-order chi connectivity index (χ1) is 9.15. The zero-order valence-electron chi connectivity index (χ0n) is 10.9. The molecule has 0 aliphatic rings. The van der Waals surface area contributed by atoms with E-state index in [4.69, 9.17) is 4.42 Å². The van der Waals surface area contributed by atoms with E-state index < -0.39 is 0 Å². The average Bonchev–Trinajstić information content (AvgIpc) is 2.42. The van der Waals surface area contributed by atoms with Crippen molar-refractivity contribution in [2.75, 3.05) is 0 Å². The van der Waals surface area contributed by atoms with Crippen molar-refractivity contribution in [2.45, 2.75) is 13.8 Å². The molecule has 0 spiro atoms. The van der Waals surface area contributed by atoms with Gasteiger partial charge in [-0.3, -0.25) is 0 Å². The van der Waals surface area contributed by atoms with Gasteiger partial charge in [0.1, 0.15) is 5.76 Å². The molecule has 0 amide bonds. The fourth-order valence-corrected chi connectivity index (χ4v) is 2.20. The smallest absolute Gasteiger partial charge is 0.344 e. The van der Waals surface area contributed by atoms with Crippen molar-refractivity contribution in [3.05, 3.63) is 70.1 Å². The van der Waals surface area contributed by atoms with Crippen LogP contribution in [0.5, 0.6) is 0 Å². The number of fused-ring (bicyclic) bond motifs is 1. The van der Waals surface area contributed by atoms with Crippen LogP contribution in [0.2, 0.25) is 0 Å². The summed E-state index contributed by atoms with van der Waals surface area (Å²) in [6.07, 6.45) is 0. The lowest BCUT2D eigenvalue weighted by molar-refractivity contribution is 0.534. The van der Waals surface area contributed by atoms with Crippen LogP contribution in [0.3, 0.4) is 0 Å². The Morgan fingerprint density at radius 2 is 1.58 bits per heavy atom. The Balaban J connectivity index is 2.31. The fraction of sp³-hybridized carbons (Fsp3) is 0.118. The fourth-order valence-electron chi connectivity index (χ4n) is 2.20. The molecule has 0 saturated carbocycles. The van der Waals surface area contributed by atoms with Crippen LogP contribution in [0.1, 0.15) is 11.1 Å².